The van der Waals surface area contributed by atoms with Gasteiger partial charge < -0.3 is 24.8 Å². The number of hydrogen-bond acceptors (Lipinski definition) is 6. The van der Waals surface area contributed by atoms with Gasteiger partial charge in [0.25, 0.3) is 0 Å². The summed E-state index contributed by atoms with van der Waals surface area (Å²) < 4.78 is 10.4. The third-order valence-electron chi connectivity index (χ3n) is 3.61. The summed E-state index contributed by atoms with van der Waals surface area (Å²) in [6.07, 6.45) is 7.83. The van der Waals surface area contributed by atoms with Crippen LogP contribution >= 0.6 is 0 Å². The molecule has 3 N–H and O–H groups in total. The predicted molar refractivity (Wildman–Crippen MR) is 88.1 cm³/mol. The Kier molecular flexibility index (Phi) is 15.7. The lowest BCUT2D eigenvalue weighted by Crippen LogP contribution is -2.27. The number of aliphatic hydroxyl groups excluding tert-OH is 3. The molecule has 0 aliphatic carbocycles. The maximum atomic E-state index is 11.6. The van der Waals surface area contributed by atoms with Crippen LogP contribution in [-0.2, 0) is 14.3 Å². The molecule has 0 heterocycles. The largest absolute Gasteiger partial charge is 0.463 e. The molecule has 0 amide bonds. The van der Waals surface area contributed by atoms with Crippen molar-refractivity contribution in [1.29, 1.82) is 0 Å². The summed E-state index contributed by atoms with van der Waals surface area (Å²) in [5.74, 6) is -0.412. The summed E-state index contributed by atoms with van der Waals surface area (Å²) in [5.41, 5.74) is 0. The SMILES string of the molecule is CCCCCCCCCC(CC(=O)OCCO)OCC(O)CO. The number of ether oxygens (including phenoxy) is 2. The molecule has 0 spiro atoms. The lowest BCUT2D eigenvalue weighted by molar-refractivity contribution is -0.148. The summed E-state index contributed by atoms with van der Waals surface area (Å²) in [6.45, 7) is 1.63. The van der Waals surface area contributed by atoms with E-state index in [-0.39, 0.29) is 39.0 Å². The van der Waals surface area contributed by atoms with Crippen LogP contribution in [0.25, 0.3) is 0 Å². The topological polar surface area (TPSA) is 96.2 Å². The molecule has 6 heteroatoms. The molecule has 0 aromatic rings. The predicted octanol–water partition coefficient (Wildman–Crippen LogP) is 1.79. The number of carbonyl (C=O) groups is 1. The van der Waals surface area contributed by atoms with Crippen LogP contribution in [0.2, 0.25) is 0 Å². The van der Waals surface area contributed by atoms with Crippen molar-refractivity contribution in [2.45, 2.75) is 76.9 Å². The molecule has 0 aromatic heterocycles. The number of carbonyl (C=O) groups excluding carboxylic acids is 1. The van der Waals surface area contributed by atoms with E-state index in [4.69, 9.17) is 19.7 Å². The Morgan fingerprint density at radius 3 is 2.30 bits per heavy atom. The van der Waals surface area contributed by atoms with E-state index in [9.17, 15) is 9.90 Å². The molecule has 0 radical (unpaired) electrons. The second-order valence-corrected chi connectivity index (χ2v) is 5.85. The molecule has 0 bridgehead atoms. The van der Waals surface area contributed by atoms with E-state index in [0.717, 1.165) is 19.3 Å². The van der Waals surface area contributed by atoms with Gasteiger partial charge in [0, 0.05) is 0 Å². The molecule has 2 unspecified atom stereocenters. The Bertz CT molecular complexity index is 272. The van der Waals surface area contributed by atoms with Gasteiger partial charge in [0.15, 0.2) is 0 Å². The molecular weight excluding hydrogens is 300 g/mol. The van der Waals surface area contributed by atoms with Crippen molar-refractivity contribution >= 4 is 5.97 Å². The highest BCUT2D eigenvalue weighted by molar-refractivity contribution is 5.69. The maximum absolute atomic E-state index is 11.6. The van der Waals surface area contributed by atoms with Gasteiger partial charge in [0.2, 0.25) is 0 Å². The van der Waals surface area contributed by atoms with Crippen LogP contribution in [-0.4, -0.2) is 59.9 Å². The van der Waals surface area contributed by atoms with Crippen LogP contribution in [0, 0.1) is 0 Å². The Morgan fingerprint density at radius 2 is 1.70 bits per heavy atom. The summed E-state index contributed by atoms with van der Waals surface area (Å²) in [7, 11) is 0. The van der Waals surface area contributed by atoms with E-state index >= 15 is 0 Å². The average Bonchev–Trinajstić information content (AvgIpc) is 2.56. The van der Waals surface area contributed by atoms with Crippen molar-refractivity contribution in [1.82, 2.24) is 0 Å². The molecule has 0 aromatic carbocycles. The van der Waals surface area contributed by atoms with Crippen molar-refractivity contribution < 1.29 is 29.6 Å². The first-order valence-corrected chi connectivity index (χ1v) is 8.81. The van der Waals surface area contributed by atoms with Gasteiger partial charge in [-0.1, -0.05) is 51.9 Å². The molecule has 0 aliphatic rings. The van der Waals surface area contributed by atoms with Crippen molar-refractivity contribution in [3.63, 3.8) is 0 Å². The van der Waals surface area contributed by atoms with Gasteiger partial charge in [0.05, 0.1) is 32.3 Å². The van der Waals surface area contributed by atoms with Gasteiger partial charge in [0.1, 0.15) is 12.7 Å². The lowest BCUT2D eigenvalue weighted by Gasteiger charge is -2.19. The fourth-order valence-corrected chi connectivity index (χ4v) is 2.28. The Hall–Kier alpha value is -0.690. The minimum atomic E-state index is -0.931. The highest BCUT2D eigenvalue weighted by Crippen LogP contribution is 2.14. The van der Waals surface area contributed by atoms with Crippen LogP contribution < -0.4 is 0 Å². The third kappa shape index (κ3) is 14.6. The first kappa shape index (κ1) is 22.3. The fraction of sp³-hybridized carbons (Fsp3) is 0.941. The zero-order valence-electron chi connectivity index (χ0n) is 14.4. The minimum Gasteiger partial charge on any atom is -0.463 e. The van der Waals surface area contributed by atoms with Gasteiger partial charge in [-0.15, -0.1) is 0 Å². The quantitative estimate of drug-likeness (QED) is 0.294. The second-order valence-electron chi connectivity index (χ2n) is 5.85. The number of rotatable bonds is 16. The summed E-state index contributed by atoms with van der Waals surface area (Å²) >= 11 is 0. The number of esters is 1. The molecule has 0 saturated heterocycles. The zero-order valence-corrected chi connectivity index (χ0v) is 14.4. The Morgan fingerprint density at radius 1 is 1.04 bits per heavy atom. The standard InChI is InChI=1S/C17H34O6/c1-2-3-4-5-6-7-8-9-16(23-14-15(20)13-19)12-17(21)22-11-10-18/h15-16,18-20H,2-14H2,1H3. The van der Waals surface area contributed by atoms with Gasteiger partial charge in [-0.25, -0.2) is 0 Å². The van der Waals surface area contributed by atoms with E-state index in [1.807, 2.05) is 0 Å². The van der Waals surface area contributed by atoms with Gasteiger partial charge >= 0.3 is 5.97 Å². The van der Waals surface area contributed by atoms with Gasteiger partial charge in [-0.2, -0.15) is 0 Å². The molecule has 2 atom stereocenters. The Balaban J connectivity index is 3.98. The number of hydrogen-bond donors (Lipinski definition) is 3. The molecule has 0 aliphatic heterocycles. The monoisotopic (exact) mass is 334 g/mol. The van der Waals surface area contributed by atoms with Crippen LogP contribution in [0.1, 0.15) is 64.7 Å². The van der Waals surface area contributed by atoms with Crippen LogP contribution in [0.15, 0.2) is 0 Å². The number of aliphatic hydroxyl groups is 3. The van der Waals surface area contributed by atoms with Crippen molar-refractivity contribution in [3.8, 4) is 0 Å². The fourth-order valence-electron chi connectivity index (χ4n) is 2.28. The molecular formula is C17H34O6. The Labute approximate surface area is 139 Å². The normalized spacial score (nSPS) is 13.7. The van der Waals surface area contributed by atoms with Gasteiger partial charge in [-0.05, 0) is 6.42 Å². The maximum Gasteiger partial charge on any atom is 0.308 e. The van der Waals surface area contributed by atoms with Crippen LogP contribution in [0.3, 0.4) is 0 Å². The third-order valence-corrected chi connectivity index (χ3v) is 3.61. The van der Waals surface area contributed by atoms with E-state index < -0.39 is 12.1 Å². The minimum absolute atomic E-state index is 0.00491. The van der Waals surface area contributed by atoms with Crippen LogP contribution in [0.4, 0.5) is 0 Å². The summed E-state index contributed by atoms with van der Waals surface area (Å²) in [4.78, 5) is 11.6. The highest BCUT2D eigenvalue weighted by atomic mass is 16.5. The number of unbranched alkanes of at least 4 members (excludes halogenated alkanes) is 6. The van der Waals surface area contributed by atoms with E-state index in [2.05, 4.69) is 6.92 Å². The lowest BCUT2D eigenvalue weighted by atomic mass is 10.0. The van der Waals surface area contributed by atoms with Crippen molar-refractivity contribution in [2.24, 2.45) is 0 Å². The summed E-state index contributed by atoms with van der Waals surface area (Å²) in [6, 6.07) is 0. The van der Waals surface area contributed by atoms with Crippen LogP contribution in [0.5, 0.6) is 0 Å². The van der Waals surface area contributed by atoms with E-state index in [1.165, 1.54) is 32.1 Å². The zero-order chi connectivity index (χ0) is 17.3. The van der Waals surface area contributed by atoms with Gasteiger partial charge in [-0.3, -0.25) is 4.79 Å². The molecule has 0 rings (SSSR count). The average molecular weight is 334 g/mol. The second kappa shape index (κ2) is 16.2. The molecule has 23 heavy (non-hydrogen) atoms. The molecule has 138 valence electrons. The van der Waals surface area contributed by atoms with Crippen molar-refractivity contribution in [3.05, 3.63) is 0 Å². The first-order chi connectivity index (χ1) is 11.1. The van der Waals surface area contributed by atoms with E-state index in [1.54, 1.807) is 0 Å². The smallest absolute Gasteiger partial charge is 0.308 e. The molecule has 0 saturated carbocycles. The van der Waals surface area contributed by atoms with E-state index in [0.29, 0.717) is 0 Å². The summed E-state index contributed by atoms with van der Waals surface area (Å²) in [5, 5.41) is 26.8. The first-order valence-electron chi connectivity index (χ1n) is 8.81. The van der Waals surface area contributed by atoms with Crippen molar-refractivity contribution in [2.75, 3.05) is 26.4 Å². The molecule has 0 fully saturated rings. The molecule has 6 nitrogen and oxygen atoms in total. The highest BCUT2D eigenvalue weighted by Gasteiger charge is 2.17.